The molecule has 1 aromatic rings. The molecule has 0 unspecified atom stereocenters. The fraction of sp³-hybridized carbons (Fsp3) is 0.562. The Kier molecular flexibility index (Phi) is 3.81. The highest BCUT2D eigenvalue weighted by molar-refractivity contribution is 5.79. The molecule has 2 fully saturated rings. The van der Waals surface area contributed by atoms with Crippen molar-refractivity contribution in [3.8, 4) is 0 Å². The molecule has 2 N–H and O–H groups in total. The predicted octanol–water partition coefficient (Wildman–Crippen LogP) is 2.11. The third-order valence-corrected chi connectivity index (χ3v) is 4.57. The minimum absolute atomic E-state index is 0.295. The van der Waals surface area contributed by atoms with Gasteiger partial charge in [-0.1, -0.05) is 25.0 Å². The summed E-state index contributed by atoms with van der Waals surface area (Å²) in [7, 11) is 0. The van der Waals surface area contributed by atoms with Gasteiger partial charge in [-0.2, -0.15) is 0 Å². The molecule has 0 spiro atoms. The van der Waals surface area contributed by atoms with Crippen molar-refractivity contribution in [3.63, 3.8) is 0 Å². The number of nitrogen functional groups attached to an aromatic ring is 1. The zero-order valence-electron chi connectivity index (χ0n) is 11.9. The van der Waals surface area contributed by atoms with Gasteiger partial charge in [0, 0.05) is 32.1 Å². The second-order valence-corrected chi connectivity index (χ2v) is 5.85. The van der Waals surface area contributed by atoms with Gasteiger partial charge in [0.25, 0.3) is 0 Å². The van der Waals surface area contributed by atoms with Crippen LogP contribution in [0, 0.1) is 5.92 Å². The third-order valence-electron chi connectivity index (χ3n) is 4.57. The highest BCUT2D eigenvalue weighted by Gasteiger charge is 2.29. The minimum atomic E-state index is 0.295. The van der Waals surface area contributed by atoms with E-state index < -0.39 is 0 Å². The van der Waals surface area contributed by atoms with Crippen LogP contribution in [0.3, 0.4) is 0 Å². The van der Waals surface area contributed by atoms with Crippen molar-refractivity contribution in [3.05, 3.63) is 24.3 Å². The number of para-hydroxylation sites is 2. The number of hydrogen-bond donors (Lipinski definition) is 1. The molecule has 1 aliphatic heterocycles. The van der Waals surface area contributed by atoms with E-state index in [4.69, 9.17) is 5.73 Å². The molecule has 1 saturated carbocycles. The first-order valence-corrected chi connectivity index (χ1v) is 7.64. The van der Waals surface area contributed by atoms with Crippen LogP contribution in [0.2, 0.25) is 0 Å². The standard InChI is InChI=1S/C16H23N3O/c17-14-7-3-4-8-15(14)18-9-11-19(12-10-18)16(20)13-5-1-2-6-13/h3-4,7-8,13H,1-2,5-6,9-12,17H2. The smallest absolute Gasteiger partial charge is 0.225 e. The maximum absolute atomic E-state index is 12.4. The second kappa shape index (κ2) is 5.73. The van der Waals surface area contributed by atoms with E-state index in [2.05, 4.69) is 11.0 Å². The first kappa shape index (κ1) is 13.3. The van der Waals surface area contributed by atoms with Crippen LogP contribution in [0.15, 0.2) is 24.3 Å². The van der Waals surface area contributed by atoms with Gasteiger partial charge in [0.15, 0.2) is 0 Å². The molecule has 1 aromatic carbocycles. The number of carbonyl (C=O) groups is 1. The summed E-state index contributed by atoms with van der Waals surface area (Å²) in [6.07, 6.45) is 4.61. The maximum Gasteiger partial charge on any atom is 0.225 e. The highest BCUT2D eigenvalue weighted by atomic mass is 16.2. The predicted molar refractivity (Wildman–Crippen MR) is 81.6 cm³/mol. The molecule has 2 aliphatic rings. The van der Waals surface area contributed by atoms with Crippen molar-refractivity contribution in [2.75, 3.05) is 36.8 Å². The van der Waals surface area contributed by atoms with E-state index in [-0.39, 0.29) is 0 Å². The molecule has 0 atom stereocenters. The normalized spacial score (nSPS) is 20.4. The average molecular weight is 273 g/mol. The Balaban J connectivity index is 1.59. The van der Waals surface area contributed by atoms with Crippen molar-refractivity contribution >= 4 is 17.3 Å². The van der Waals surface area contributed by atoms with E-state index in [1.807, 2.05) is 23.1 Å². The lowest BCUT2D eigenvalue weighted by atomic mass is 10.1. The maximum atomic E-state index is 12.4. The molecule has 0 aromatic heterocycles. The second-order valence-electron chi connectivity index (χ2n) is 5.85. The Labute approximate surface area is 120 Å². The zero-order valence-corrected chi connectivity index (χ0v) is 11.9. The lowest BCUT2D eigenvalue weighted by molar-refractivity contribution is -0.135. The molecule has 4 nitrogen and oxygen atoms in total. The van der Waals surface area contributed by atoms with Gasteiger partial charge in [0.1, 0.15) is 0 Å². The van der Waals surface area contributed by atoms with Gasteiger partial charge in [-0.25, -0.2) is 0 Å². The van der Waals surface area contributed by atoms with Crippen LogP contribution >= 0.6 is 0 Å². The Morgan fingerprint density at radius 2 is 1.70 bits per heavy atom. The Bertz CT molecular complexity index is 474. The molecule has 20 heavy (non-hydrogen) atoms. The highest BCUT2D eigenvalue weighted by Crippen LogP contribution is 2.28. The molecule has 0 bridgehead atoms. The number of hydrogen-bond acceptors (Lipinski definition) is 3. The summed E-state index contributed by atoms with van der Waals surface area (Å²) in [5.41, 5.74) is 7.94. The van der Waals surface area contributed by atoms with Gasteiger partial charge in [-0.15, -0.1) is 0 Å². The summed E-state index contributed by atoms with van der Waals surface area (Å²) >= 11 is 0. The number of piperazine rings is 1. The SMILES string of the molecule is Nc1ccccc1N1CCN(C(=O)C2CCCC2)CC1. The van der Waals surface area contributed by atoms with Crippen molar-refractivity contribution in [2.45, 2.75) is 25.7 Å². The largest absolute Gasteiger partial charge is 0.397 e. The number of nitrogens with zero attached hydrogens (tertiary/aromatic N) is 2. The Hall–Kier alpha value is -1.71. The quantitative estimate of drug-likeness (QED) is 0.840. The van der Waals surface area contributed by atoms with Crippen LogP contribution in [-0.4, -0.2) is 37.0 Å². The first-order chi connectivity index (χ1) is 9.75. The van der Waals surface area contributed by atoms with Crippen LogP contribution in [-0.2, 0) is 4.79 Å². The zero-order chi connectivity index (χ0) is 13.9. The number of nitrogens with two attached hydrogens (primary N) is 1. The molecule has 1 amide bonds. The summed E-state index contributed by atoms with van der Waals surface area (Å²) in [4.78, 5) is 16.7. The first-order valence-electron chi connectivity index (χ1n) is 7.64. The number of benzene rings is 1. The summed E-state index contributed by atoms with van der Waals surface area (Å²) in [6, 6.07) is 7.97. The topological polar surface area (TPSA) is 49.6 Å². The third kappa shape index (κ3) is 2.60. The van der Waals surface area contributed by atoms with Crippen molar-refractivity contribution in [1.82, 2.24) is 4.90 Å². The molecule has 1 aliphatic carbocycles. The Morgan fingerprint density at radius 1 is 1.05 bits per heavy atom. The van der Waals surface area contributed by atoms with Crippen LogP contribution in [0.25, 0.3) is 0 Å². The fourth-order valence-corrected chi connectivity index (χ4v) is 3.37. The summed E-state index contributed by atoms with van der Waals surface area (Å²) in [5.74, 6) is 0.673. The molecule has 4 heteroatoms. The van der Waals surface area contributed by atoms with Crippen molar-refractivity contribution in [2.24, 2.45) is 5.92 Å². The van der Waals surface area contributed by atoms with Crippen LogP contribution in [0.5, 0.6) is 0 Å². The number of amides is 1. The monoisotopic (exact) mass is 273 g/mol. The molecule has 3 rings (SSSR count). The summed E-state index contributed by atoms with van der Waals surface area (Å²) in [5, 5.41) is 0. The molecular weight excluding hydrogens is 250 g/mol. The molecule has 0 radical (unpaired) electrons. The molecule has 1 heterocycles. The van der Waals surface area contributed by atoms with Gasteiger partial charge in [0.05, 0.1) is 11.4 Å². The van der Waals surface area contributed by atoms with Crippen molar-refractivity contribution < 1.29 is 4.79 Å². The van der Waals surface area contributed by atoms with Crippen LogP contribution in [0.4, 0.5) is 11.4 Å². The summed E-state index contributed by atoms with van der Waals surface area (Å²) < 4.78 is 0. The minimum Gasteiger partial charge on any atom is -0.397 e. The van der Waals surface area contributed by atoms with Gasteiger partial charge >= 0.3 is 0 Å². The van der Waals surface area contributed by atoms with Gasteiger partial charge in [-0.05, 0) is 25.0 Å². The van der Waals surface area contributed by atoms with E-state index in [1.54, 1.807) is 0 Å². The van der Waals surface area contributed by atoms with Crippen LogP contribution in [0.1, 0.15) is 25.7 Å². The lowest BCUT2D eigenvalue weighted by Crippen LogP contribution is -2.50. The number of anilines is 2. The van der Waals surface area contributed by atoms with Crippen LogP contribution < -0.4 is 10.6 Å². The average Bonchev–Trinajstić information content (AvgIpc) is 3.01. The molecular formula is C16H23N3O. The van der Waals surface area contributed by atoms with E-state index >= 15 is 0 Å². The molecule has 1 saturated heterocycles. The van der Waals surface area contributed by atoms with Crippen molar-refractivity contribution in [1.29, 1.82) is 0 Å². The van der Waals surface area contributed by atoms with Gasteiger partial charge in [-0.3, -0.25) is 4.79 Å². The van der Waals surface area contributed by atoms with E-state index in [9.17, 15) is 4.79 Å². The van der Waals surface area contributed by atoms with Gasteiger partial charge in [0.2, 0.25) is 5.91 Å². The molecule has 108 valence electrons. The summed E-state index contributed by atoms with van der Waals surface area (Å²) in [6.45, 7) is 3.41. The Morgan fingerprint density at radius 3 is 2.35 bits per heavy atom. The van der Waals surface area contributed by atoms with E-state index in [0.717, 1.165) is 50.4 Å². The number of carbonyl (C=O) groups excluding carboxylic acids is 1. The number of rotatable bonds is 2. The van der Waals surface area contributed by atoms with E-state index in [1.165, 1.54) is 12.8 Å². The van der Waals surface area contributed by atoms with Gasteiger partial charge < -0.3 is 15.5 Å². The lowest BCUT2D eigenvalue weighted by Gasteiger charge is -2.37. The van der Waals surface area contributed by atoms with E-state index in [0.29, 0.717) is 11.8 Å². The fourth-order valence-electron chi connectivity index (χ4n) is 3.37.